The van der Waals surface area contributed by atoms with Crippen LogP contribution in [-0.2, 0) is 0 Å². The van der Waals surface area contributed by atoms with Crippen LogP contribution in [-0.4, -0.2) is 31.5 Å². The molecule has 8 heteroatoms. The highest BCUT2D eigenvalue weighted by atomic mass is 35.5. The van der Waals surface area contributed by atoms with Crippen molar-refractivity contribution in [3.8, 4) is 0 Å². The van der Waals surface area contributed by atoms with Crippen LogP contribution < -0.4 is 10.6 Å². The summed E-state index contributed by atoms with van der Waals surface area (Å²) in [5.74, 6) is 0.703. The molecule has 0 spiro atoms. The Morgan fingerprint density at radius 1 is 1.28 bits per heavy atom. The summed E-state index contributed by atoms with van der Waals surface area (Å²) >= 11 is 6.20. The second kappa shape index (κ2) is 6.68. The van der Waals surface area contributed by atoms with Crippen LogP contribution in [0, 0.1) is 0 Å². The lowest BCUT2D eigenvalue weighted by molar-refractivity contribution is 0.102. The van der Waals surface area contributed by atoms with Crippen molar-refractivity contribution >= 4 is 34.9 Å². The summed E-state index contributed by atoms with van der Waals surface area (Å²) in [4.78, 5) is 20.5. The fourth-order valence-corrected chi connectivity index (χ4v) is 3.26. The Bertz CT molecular complexity index is 904. The Kier molecular flexibility index (Phi) is 4.23. The summed E-state index contributed by atoms with van der Waals surface area (Å²) in [6, 6.07) is 7.35. The molecule has 0 bridgehead atoms. The minimum atomic E-state index is -0.305. The molecule has 1 fully saturated rings. The predicted octanol–water partition coefficient (Wildman–Crippen LogP) is 3.38. The Morgan fingerprint density at radius 2 is 2.12 bits per heavy atom. The molecule has 0 radical (unpaired) electrons. The van der Waals surface area contributed by atoms with Crippen LogP contribution in [0.25, 0.3) is 5.65 Å². The van der Waals surface area contributed by atoms with Gasteiger partial charge in [-0.1, -0.05) is 24.4 Å². The monoisotopic (exact) mass is 356 g/mol. The Balaban J connectivity index is 1.61. The van der Waals surface area contributed by atoms with Crippen molar-refractivity contribution in [2.45, 2.75) is 31.7 Å². The van der Waals surface area contributed by atoms with Gasteiger partial charge in [0.05, 0.1) is 5.56 Å². The molecule has 0 aliphatic heterocycles. The third kappa shape index (κ3) is 3.41. The van der Waals surface area contributed by atoms with E-state index in [1.165, 1.54) is 19.0 Å². The van der Waals surface area contributed by atoms with Crippen molar-refractivity contribution in [1.82, 2.24) is 19.6 Å². The van der Waals surface area contributed by atoms with Crippen molar-refractivity contribution < 1.29 is 4.79 Å². The van der Waals surface area contributed by atoms with E-state index in [0.717, 1.165) is 18.7 Å². The van der Waals surface area contributed by atoms with E-state index < -0.39 is 0 Å². The highest BCUT2D eigenvalue weighted by molar-refractivity contribution is 6.31. The van der Waals surface area contributed by atoms with Crippen LogP contribution in [0.5, 0.6) is 0 Å². The molecule has 0 atom stereocenters. The van der Waals surface area contributed by atoms with E-state index in [2.05, 4.69) is 25.7 Å². The van der Waals surface area contributed by atoms with E-state index in [-0.39, 0.29) is 11.9 Å². The molecule has 3 aromatic rings. The molecule has 1 aliphatic rings. The molecule has 3 aromatic heterocycles. The summed E-state index contributed by atoms with van der Waals surface area (Å²) in [5, 5.41) is 11.1. The van der Waals surface area contributed by atoms with Gasteiger partial charge in [0, 0.05) is 29.5 Å². The topological polar surface area (TPSA) is 84.2 Å². The van der Waals surface area contributed by atoms with Crippen molar-refractivity contribution in [2.24, 2.45) is 0 Å². The summed E-state index contributed by atoms with van der Waals surface area (Å²) in [6.45, 7) is 0. The zero-order valence-corrected chi connectivity index (χ0v) is 14.2. The second-order valence-electron chi connectivity index (χ2n) is 6.09. The molecule has 4 rings (SSSR count). The second-order valence-corrected chi connectivity index (χ2v) is 6.52. The third-order valence-corrected chi connectivity index (χ3v) is 4.48. The minimum absolute atomic E-state index is 0.227. The Morgan fingerprint density at radius 3 is 2.88 bits per heavy atom. The Hall–Kier alpha value is -2.67. The maximum Gasteiger partial charge on any atom is 0.259 e. The quantitative estimate of drug-likeness (QED) is 0.748. The maximum atomic E-state index is 12.2. The number of halogens is 1. The predicted molar refractivity (Wildman–Crippen MR) is 96.1 cm³/mol. The van der Waals surface area contributed by atoms with Crippen molar-refractivity contribution in [3.63, 3.8) is 0 Å². The van der Waals surface area contributed by atoms with Gasteiger partial charge < -0.3 is 5.32 Å². The van der Waals surface area contributed by atoms with Crippen molar-refractivity contribution in [1.29, 1.82) is 0 Å². The molecule has 7 nitrogen and oxygen atoms in total. The van der Waals surface area contributed by atoms with Gasteiger partial charge in [-0.05, 0) is 31.0 Å². The molecule has 1 aliphatic carbocycles. The maximum absolute atomic E-state index is 12.2. The highest BCUT2D eigenvalue weighted by Crippen LogP contribution is 2.25. The molecule has 2 N–H and O–H groups in total. The number of anilines is 2. The number of hydrogen-bond acceptors (Lipinski definition) is 5. The average Bonchev–Trinajstić information content (AvgIpc) is 3.25. The van der Waals surface area contributed by atoms with E-state index in [4.69, 9.17) is 11.6 Å². The summed E-state index contributed by atoms with van der Waals surface area (Å²) in [7, 11) is 0. The summed E-state index contributed by atoms with van der Waals surface area (Å²) < 4.78 is 1.67. The number of aromatic nitrogens is 4. The van der Waals surface area contributed by atoms with Gasteiger partial charge in [-0.3, -0.25) is 15.1 Å². The van der Waals surface area contributed by atoms with E-state index >= 15 is 0 Å². The largest absolute Gasteiger partial charge is 0.367 e. The van der Waals surface area contributed by atoms with Gasteiger partial charge in [0.2, 0.25) is 5.95 Å². The minimum Gasteiger partial charge on any atom is -0.367 e. The van der Waals surface area contributed by atoms with Crippen LogP contribution in [0.1, 0.15) is 36.0 Å². The molecule has 3 heterocycles. The number of nitrogens with zero attached hydrogens (tertiary/aromatic N) is 4. The third-order valence-electron chi connectivity index (χ3n) is 4.26. The average molecular weight is 357 g/mol. The van der Waals surface area contributed by atoms with Crippen LogP contribution in [0.15, 0.2) is 36.7 Å². The van der Waals surface area contributed by atoms with Gasteiger partial charge in [0.1, 0.15) is 5.82 Å². The molecule has 0 aromatic carbocycles. The SMILES string of the molecule is O=C(Nc1nc2cc(Cl)cc(NC3CCCC3)n2n1)c1cccnc1. The number of fused-ring (bicyclic) bond motifs is 1. The van der Waals surface area contributed by atoms with E-state index in [9.17, 15) is 4.79 Å². The summed E-state index contributed by atoms with van der Waals surface area (Å²) in [5.41, 5.74) is 1.03. The van der Waals surface area contributed by atoms with Gasteiger partial charge >= 0.3 is 0 Å². The molecule has 0 unspecified atom stereocenters. The zero-order valence-electron chi connectivity index (χ0n) is 13.4. The van der Waals surface area contributed by atoms with E-state index in [0.29, 0.717) is 22.3 Å². The highest BCUT2D eigenvalue weighted by Gasteiger charge is 2.18. The van der Waals surface area contributed by atoms with Gasteiger partial charge in [0.15, 0.2) is 5.65 Å². The first-order chi connectivity index (χ1) is 12.2. The molecule has 0 saturated heterocycles. The number of nitrogens with one attached hydrogen (secondary N) is 2. The number of pyridine rings is 2. The number of hydrogen-bond donors (Lipinski definition) is 2. The number of rotatable bonds is 4. The van der Waals surface area contributed by atoms with Crippen LogP contribution in [0.2, 0.25) is 5.02 Å². The number of carbonyl (C=O) groups excluding carboxylic acids is 1. The smallest absolute Gasteiger partial charge is 0.259 e. The van der Waals surface area contributed by atoms with Gasteiger partial charge in [-0.15, -0.1) is 5.10 Å². The van der Waals surface area contributed by atoms with Crippen molar-refractivity contribution in [2.75, 3.05) is 10.6 Å². The molecule has 128 valence electrons. The molecule has 1 amide bonds. The molecular weight excluding hydrogens is 340 g/mol. The lowest BCUT2D eigenvalue weighted by atomic mass is 10.2. The lowest BCUT2D eigenvalue weighted by Crippen LogP contribution is -2.17. The molecular formula is C17H17ClN6O. The number of amides is 1. The van der Waals surface area contributed by atoms with Gasteiger partial charge in [0.25, 0.3) is 5.91 Å². The van der Waals surface area contributed by atoms with Gasteiger partial charge in [-0.25, -0.2) is 0 Å². The van der Waals surface area contributed by atoms with Gasteiger partial charge in [-0.2, -0.15) is 9.50 Å². The Labute approximate surface area is 149 Å². The fraction of sp³-hybridized carbons (Fsp3) is 0.294. The van der Waals surface area contributed by atoms with Crippen LogP contribution in [0.3, 0.4) is 0 Å². The zero-order chi connectivity index (χ0) is 17.2. The van der Waals surface area contributed by atoms with Crippen LogP contribution in [0.4, 0.5) is 11.8 Å². The molecule has 1 saturated carbocycles. The first-order valence-electron chi connectivity index (χ1n) is 8.23. The number of carbonyl (C=O) groups is 1. The first-order valence-corrected chi connectivity index (χ1v) is 8.61. The molecule has 25 heavy (non-hydrogen) atoms. The fourth-order valence-electron chi connectivity index (χ4n) is 3.06. The van der Waals surface area contributed by atoms with E-state index in [1.807, 2.05) is 6.07 Å². The normalized spacial score (nSPS) is 14.8. The standard InChI is InChI=1S/C17H17ClN6O/c18-12-8-14(20-13-5-1-2-6-13)24-15(9-12)21-17(23-24)22-16(25)11-4-3-7-19-10-11/h3-4,7-10,13,20H,1-2,5-6H2,(H,22,23,25). The summed E-state index contributed by atoms with van der Waals surface area (Å²) in [6.07, 6.45) is 7.83. The van der Waals surface area contributed by atoms with E-state index in [1.54, 1.807) is 28.9 Å². The first kappa shape index (κ1) is 15.8. The lowest BCUT2D eigenvalue weighted by Gasteiger charge is -2.14. The van der Waals surface area contributed by atoms with Crippen LogP contribution >= 0.6 is 11.6 Å². The van der Waals surface area contributed by atoms with Crippen molar-refractivity contribution in [3.05, 3.63) is 47.2 Å².